The molecule has 1 aliphatic rings. The van der Waals surface area contributed by atoms with Gasteiger partial charge in [-0.05, 0) is 25.1 Å². The van der Waals surface area contributed by atoms with Gasteiger partial charge in [0.25, 0.3) is 5.56 Å². The monoisotopic (exact) mass is 291 g/mol. The maximum atomic E-state index is 12.4. The number of fused-ring (bicyclic) bond motifs is 1. The van der Waals surface area contributed by atoms with Crippen LogP contribution >= 0.6 is 12.2 Å². The van der Waals surface area contributed by atoms with Gasteiger partial charge < -0.3 is 0 Å². The van der Waals surface area contributed by atoms with E-state index < -0.39 is 5.78 Å². The highest BCUT2D eigenvalue weighted by atomic mass is 32.1. The van der Waals surface area contributed by atoms with Crippen molar-refractivity contribution in [1.29, 1.82) is 0 Å². The molecule has 0 aliphatic carbocycles. The van der Waals surface area contributed by atoms with Crippen LogP contribution in [0.2, 0.25) is 0 Å². The minimum absolute atomic E-state index is 0.0217. The largest absolute Gasteiger partial charge is 0.296 e. The zero-order valence-electron chi connectivity index (χ0n) is 10.7. The Morgan fingerprint density at radius 1 is 1.30 bits per heavy atom. The zero-order chi connectivity index (χ0) is 14.1. The van der Waals surface area contributed by atoms with Crippen LogP contribution in [0, 0.1) is 4.77 Å². The molecule has 0 fully saturated rings. The lowest BCUT2D eigenvalue weighted by atomic mass is 10.2. The highest BCUT2D eigenvalue weighted by Gasteiger charge is 2.20. The Kier molecular flexibility index (Phi) is 3.31. The second-order valence-corrected chi connectivity index (χ2v) is 5.09. The fourth-order valence-electron chi connectivity index (χ4n) is 2.35. The van der Waals surface area contributed by atoms with E-state index in [-0.39, 0.29) is 21.7 Å². The first kappa shape index (κ1) is 12.9. The van der Waals surface area contributed by atoms with Gasteiger partial charge in [0, 0.05) is 19.2 Å². The van der Waals surface area contributed by atoms with Crippen LogP contribution in [0.25, 0.3) is 0 Å². The minimum atomic E-state index is -0.491. The van der Waals surface area contributed by atoms with Crippen LogP contribution in [0.5, 0.6) is 0 Å². The van der Waals surface area contributed by atoms with Crippen molar-refractivity contribution in [2.45, 2.75) is 32.2 Å². The first-order valence-electron chi connectivity index (χ1n) is 6.45. The van der Waals surface area contributed by atoms with Crippen molar-refractivity contribution in [2.75, 3.05) is 0 Å². The molecule has 2 aromatic heterocycles. The van der Waals surface area contributed by atoms with E-state index in [9.17, 15) is 9.59 Å². The van der Waals surface area contributed by atoms with Crippen molar-refractivity contribution < 1.29 is 4.79 Å². The average molecular weight is 291 g/mol. The Hall–Kier alpha value is -2.09. The molecule has 1 aliphatic heterocycles. The molecule has 7 nitrogen and oxygen atoms in total. The van der Waals surface area contributed by atoms with E-state index in [4.69, 9.17) is 12.2 Å². The number of carbonyl (C=O) groups is 1. The molecule has 0 bridgehead atoms. The molecule has 2 aromatic rings. The van der Waals surface area contributed by atoms with E-state index >= 15 is 0 Å². The van der Waals surface area contributed by atoms with E-state index in [1.165, 1.54) is 6.20 Å². The summed E-state index contributed by atoms with van der Waals surface area (Å²) in [7, 11) is 0. The number of nitrogens with one attached hydrogen (secondary N) is 2. The number of aryl methyl sites for hydroxylation is 1. The number of nitrogens with zero attached hydrogens (tertiary/aromatic N) is 3. The normalized spacial score (nSPS) is 14.6. The molecule has 0 aromatic carbocycles. The topological polar surface area (TPSA) is 96.4 Å². The lowest BCUT2D eigenvalue weighted by Crippen LogP contribution is -2.30. The molecule has 104 valence electrons. The van der Waals surface area contributed by atoms with Gasteiger partial charge in [-0.3, -0.25) is 24.4 Å². The smallest absolute Gasteiger partial charge is 0.264 e. The van der Waals surface area contributed by atoms with Crippen molar-refractivity contribution in [3.8, 4) is 0 Å². The first-order chi connectivity index (χ1) is 9.66. The van der Waals surface area contributed by atoms with Crippen molar-refractivity contribution in [1.82, 2.24) is 24.7 Å². The molecule has 0 saturated heterocycles. The number of hydrogen-bond acceptors (Lipinski definition) is 5. The lowest BCUT2D eigenvalue weighted by Gasteiger charge is -2.08. The predicted molar refractivity (Wildman–Crippen MR) is 73.3 cm³/mol. The second kappa shape index (κ2) is 5.12. The summed E-state index contributed by atoms with van der Waals surface area (Å²) in [4.78, 5) is 32.7. The SMILES string of the molecule is O=C(c1nc(=S)[nH][nH]1)c1cnc2n(c1=O)CCCCC2. The minimum Gasteiger partial charge on any atom is -0.296 e. The van der Waals surface area contributed by atoms with Crippen molar-refractivity contribution >= 4 is 18.0 Å². The Bertz CT molecular complexity index is 773. The van der Waals surface area contributed by atoms with Gasteiger partial charge in [-0.1, -0.05) is 6.42 Å². The van der Waals surface area contributed by atoms with Crippen molar-refractivity contribution in [3.05, 3.63) is 38.5 Å². The Morgan fingerprint density at radius 3 is 2.90 bits per heavy atom. The van der Waals surface area contributed by atoms with Gasteiger partial charge in [0.05, 0.1) is 0 Å². The van der Waals surface area contributed by atoms with Crippen LogP contribution in [0.15, 0.2) is 11.0 Å². The highest BCUT2D eigenvalue weighted by molar-refractivity contribution is 7.71. The third-order valence-corrected chi connectivity index (χ3v) is 3.57. The summed E-state index contributed by atoms with van der Waals surface area (Å²) in [6.07, 6.45) is 5.13. The van der Waals surface area contributed by atoms with E-state index in [2.05, 4.69) is 20.2 Å². The highest BCUT2D eigenvalue weighted by Crippen LogP contribution is 2.11. The molecule has 0 atom stereocenters. The summed E-state index contributed by atoms with van der Waals surface area (Å²) in [5, 5.41) is 5.10. The summed E-state index contributed by atoms with van der Waals surface area (Å²) in [6, 6.07) is 0. The summed E-state index contributed by atoms with van der Waals surface area (Å²) in [5.74, 6) is 0.288. The number of ketones is 1. The van der Waals surface area contributed by atoms with Crippen LogP contribution in [-0.2, 0) is 13.0 Å². The molecule has 20 heavy (non-hydrogen) atoms. The molecular weight excluding hydrogens is 278 g/mol. The Balaban J connectivity index is 2.07. The van der Waals surface area contributed by atoms with E-state index in [0.717, 1.165) is 31.5 Å². The van der Waals surface area contributed by atoms with E-state index in [0.29, 0.717) is 6.54 Å². The molecule has 0 amide bonds. The first-order valence-corrected chi connectivity index (χ1v) is 6.86. The fourth-order valence-corrected chi connectivity index (χ4v) is 2.49. The quantitative estimate of drug-likeness (QED) is 0.635. The van der Waals surface area contributed by atoms with Crippen LogP contribution in [0.4, 0.5) is 0 Å². The molecule has 3 rings (SSSR count). The molecule has 0 spiro atoms. The zero-order valence-corrected chi connectivity index (χ0v) is 11.5. The summed E-state index contributed by atoms with van der Waals surface area (Å²) >= 11 is 4.80. The van der Waals surface area contributed by atoms with Gasteiger partial charge in [0.2, 0.25) is 10.6 Å². The number of aromatic amines is 2. The number of hydrogen-bond donors (Lipinski definition) is 2. The molecule has 0 saturated carbocycles. The van der Waals surface area contributed by atoms with E-state index in [1.54, 1.807) is 4.57 Å². The maximum absolute atomic E-state index is 12.4. The Labute approximate surface area is 119 Å². The second-order valence-electron chi connectivity index (χ2n) is 4.70. The summed E-state index contributed by atoms with van der Waals surface area (Å²) < 4.78 is 1.78. The van der Waals surface area contributed by atoms with E-state index in [1.807, 2.05) is 0 Å². The van der Waals surface area contributed by atoms with Gasteiger partial charge in [0.1, 0.15) is 11.4 Å². The summed E-state index contributed by atoms with van der Waals surface area (Å²) in [5.41, 5.74) is -0.280. The van der Waals surface area contributed by atoms with Crippen LogP contribution in [-0.4, -0.2) is 30.5 Å². The molecular formula is C12H13N5O2S. The average Bonchev–Trinajstić information content (AvgIpc) is 2.73. The third-order valence-electron chi connectivity index (χ3n) is 3.37. The third kappa shape index (κ3) is 2.22. The van der Waals surface area contributed by atoms with Crippen molar-refractivity contribution in [2.24, 2.45) is 0 Å². The molecule has 0 radical (unpaired) electrons. The fraction of sp³-hybridized carbons (Fsp3) is 0.417. The number of H-pyrrole nitrogens is 2. The standard InChI is InChI=1S/C12H13N5O2S/c18-9(10-14-12(20)16-15-10)7-6-13-8-4-2-1-3-5-17(8)11(7)19/h6H,1-5H2,(H2,14,15,16,20). The molecule has 0 unspecified atom stereocenters. The lowest BCUT2D eigenvalue weighted by molar-refractivity contribution is 0.102. The van der Waals surface area contributed by atoms with Crippen molar-refractivity contribution in [3.63, 3.8) is 0 Å². The van der Waals surface area contributed by atoms with Gasteiger partial charge >= 0.3 is 0 Å². The van der Waals surface area contributed by atoms with Crippen LogP contribution < -0.4 is 5.56 Å². The molecule has 2 N–H and O–H groups in total. The van der Waals surface area contributed by atoms with Gasteiger partial charge in [-0.2, -0.15) is 4.98 Å². The van der Waals surface area contributed by atoms with Gasteiger partial charge in [0.15, 0.2) is 5.82 Å². The van der Waals surface area contributed by atoms with Crippen LogP contribution in [0.1, 0.15) is 41.3 Å². The number of aromatic nitrogens is 5. The van der Waals surface area contributed by atoms with Gasteiger partial charge in [-0.25, -0.2) is 4.98 Å². The predicted octanol–water partition coefficient (Wildman–Crippen LogP) is 0.981. The Morgan fingerprint density at radius 2 is 2.15 bits per heavy atom. The number of carbonyl (C=O) groups excluding carboxylic acids is 1. The maximum Gasteiger partial charge on any atom is 0.264 e. The summed E-state index contributed by atoms with van der Waals surface area (Å²) in [6.45, 7) is 0.610. The van der Waals surface area contributed by atoms with Gasteiger partial charge in [-0.15, -0.1) is 0 Å². The number of rotatable bonds is 2. The van der Waals surface area contributed by atoms with Crippen LogP contribution in [0.3, 0.4) is 0 Å². The molecule has 3 heterocycles. The molecule has 8 heteroatoms.